The molecule has 1 heterocycles. The number of H-pyrrole nitrogens is 1. The van der Waals surface area contributed by atoms with Crippen LogP contribution < -0.4 is 4.90 Å². The molecule has 0 unspecified atom stereocenters. The van der Waals surface area contributed by atoms with Crippen LogP contribution in [-0.2, 0) is 6.61 Å². The summed E-state index contributed by atoms with van der Waals surface area (Å²) in [7, 11) is 4.06. The summed E-state index contributed by atoms with van der Waals surface area (Å²) in [6.45, 7) is -0.0679. The number of aromatic nitrogens is 2. The van der Waals surface area contributed by atoms with Crippen LogP contribution in [0.15, 0.2) is 42.5 Å². The second kappa shape index (κ2) is 4.98. The van der Waals surface area contributed by atoms with Crippen molar-refractivity contribution < 1.29 is 5.11 Å². The molecule has 1 aromatic heterocycles. The molecular weight excluding hydrogens is 250 g/mol. The summed E-state index contributed by atoms with van der Waals surface area (Å²) >= 11 is 0. The average Bonchev–Trinajstić information content (AvgIpc) is 2.89. The monoisotopic (exact) mass is 267 g/mol. The molecule has 0 saturated heterocycles. The van der Waals surface area contributed by atoms with Gasteiger partial charge in [0.15, 0.2) is 0 Å². The Morgan fingerprint density at radius 2 is 1.75 bits per heavy atom. The Morgan fingerprint density at radius 3 is 2.40 bits per heavy atom. The van der Waals surface area contributed by atoms with Crippen molar-refractivity contribution in [2.45, 2.75) is 6.61 Å². The highest BCUT2D eigenvalue weighted by Crippen LogP contribution is 2.25. The molecule has 2 N–H and O–H groups in total. The minimum atomic E-state index is -0.0679. The van der Waals surface area contributed by atoms with Crippen LogP contribution in [0.3, 0.4) is 0 Å². The molecule has 0 fully saturated rings. The minimum absolute atomic E-state index is 0.0679. The average molecular weight is 267 g/mol. The van der Waals surface area contributed by atoms with Crippen LogP contribution in [0.4, 0.5) is 5.69 Å². The summed E-state index contributed by atoms with van der Waals surface area (Å²) in [4.78, 5) is 9.49. The lowest BCUT2D eigenvalue weighted by molar-refractivity contribution is 0.273. The van der Waals surface area contributed by atoms with E-state index in [2.05, 4.69) is 51.3 Å². The molecule has 0 amide bonds. The van der Waals surface area contributed by atoms with Gasteiger partial charge in [0.2, 0.25) is 0 Å². The highest BCUT2D eigenvalue weighted by Gasteiger charge is 2.04. The van der Waals surface area contributed by atoms with Crippen molar-refractivity contribution in [3.8, 4) is 11.1 Å². The van der Waals surface area contributed by atoms with E-state index in [9.17, 15) is 0 Å². The predicted molar refractivity (Wildman–Crippen MR) is 81.8 cm³/mol. The maximum absolute atomic E-state index is 9.11. The van der Waals surface area contributed by atoms with Gasteiger partial charge in [0.25, 0.3) is 0 Å². The molecule has 3 aromatic rings. The Hall–Kier alpha value is -2.33. The van der Waals surface area contributed by atoms with Crippen molar-refractivity contribution in [2.75, 3.05) is 19.0 Å². The van der Waals surface area contributed by atoms with Gasteiger partial charge in [-0.3, -0.25) is 0 Å². The molecular formula is C16H17N3O. The van der Waals surface area contributed by atoms with E-state index < -0.39 is 0 Å². The van der Waals surface area contributed by atoms with Gasteiger partial charge < -0.3 is 15.0 Å². The van der Waals surface area contributed by atoms with Crippen molar-refractivity contribution in [1.82, 2.24) is 9.97 Å². The second-order valence-corrected chi connectivity index (χ2v) is 5.01. The van der Waals surface area contributed by atoms with Crippen LogP contribution in [0, 0.1) is 0 Å². The number of benzene rings is 2. The minimum Gasteiger partial charge on any atom is -0.388 e. The highest BCUT2D eigenvalue weighted by molar-refractivity contribution is 5.82. The first-order valence-electron chi connectivity index (χ1n) is 6.54. The van der Waals surface area contributed by atoms with Crippen LogP contribution in [0.2, 0.25) is 0 Å². The van der Waals surface area contributed by atoms with E-state index in [0.29, 0.717) is 5.82 Å². The van der Waals surface area contributed by atoms with E-state index in [1.165, 1.54) is 5.69 Å². The lowest BCUT2D eigenvalue weighted by Crippen LogP contribution is -2.07. The van der Waals surface area contributed by atoms with Gasteiger partial charge in [-0.2, -0.15) is 0 Å². The lowest BCUT2D eigenvalue weighted by Gasteiger charge is -2.12. The number of fused-ring (bicyclic) bond motifs is 1. The number of aliphatic hydroxyl groups excluding tert-OH is 1. The Morgan fingerprint density at radius 1 is 1.05 bits per heavy atom. The zero-order valence-electron chi connectivity index (χ0n) is 11.6. The van der Waals surface area contributed by atoms with Crippen LogP contribution >= 0.6 is 0 Å². The SMILES string of the molecule is CN(C)c1ccc(-c2ccc3nc(CO)[nH]c3c2)cc1. The van der Waals surface area contributed by atoms with Crippen molar-refractivity contribution in [2.24, 2.45) is 0 Å². The maximum atomic E-state index is 9.11. The maximum Gasteiger partial charge on any atom is 0.133 e. The Kier molecular flexibility index (Phi) is 3.16. The Balaban J connectivity index is 2.00. The lowest BCUT2D eigenvalue weighted by atomic mass is 10.0. The van der Waals surface area contributed by atoms with Gasteiger partial charge in [0, 0.05) is 19.8 Å². The first-order chi connectivity index (χ1) is 9.67. The van der Waals surface area contributed by atoms with Crippen LogP contribution in [-0.4, -0.2) is 29.2 Å². The molecule has 0 spiro atoms. The van der Waals surface area contributed by atoms with E-state index in [1.807, 2.05) is 20.2 Å². The molecule has 0 bridgehead atoms. The van der Waals surface area contributed by atoms with Gasteiger partial charge in [-0.25, -0.2) is 4.98 Å². The molecule has 3 rings (SSSR count). The van der Waals surface area contributed by atoms with E-state index in [4.69, 9.17) is 5.11 Å². The third-order valence-electron chi connectivity index (χ3n) is 3.40. The van der Waals surface area contributed by atoms with Crippen LogP contribution in [0.5, 0.6) is 0 Å². The van der Waals surface area contributed by atoms with Crippen molar-refractivity contribution in [3.63, 3.8) is 0 Å². The number of hydrogen-bond donors (Lipinski definition) is 2. The molecule has 4 nitrogen and oxygen atoms in total. The summed E-state index contributed by atoms with van der Waals surface area (Å²) in [6, 6.07) is 14.5. The van der Waals surface area contributed by atoms with Gasteiger partial charge in [-0.05, 0) is 35.4 Å². The Labute approximate surface area is 117 Å². The van der Waals surface area contributed by atoms with Crippen LogP contribution in [0.1, 0.15) is 5.82 Å². The third-order valence-corrected chi connectivity index (χ3v) is 3.40. The smallest absolute Gasteiger partial charge is 0.133 e. The number of aromatic amines is 1. The number of nitrogens with zero attached hydrogens (tertiary/aromatic N) is 2. The Bertz CT molecular complexity index is 729. The zero-order valence-corrected chi connectivity index (χ0v) is 11.6. The highest BCUT2D eigenvalue weighted by atomic mass is 16.3. The fraction of sp³-hybridized carbons (Fsp3) is 0.188. The predicted octanol–water partition coefficient (Wildman–Crippen LogP) is 2.79. The molecule has 0 aliphatic carbocycles. The van der Waals surface area contributed by atoms with Gasteiger partial charge >= 0.3 is 0 Å². The van der Waals surface area contributed by atoms with Gasteiger partial charge in [0.1, 0.15) is 12.4 Å². The molecule has 4 heteroatoms. The number of imidazole rings is 1. The van der Waals surface area contributed by atoms with Crippen LogP contribution in [0.25, 0.3) is 22.2 Å². The summed E-state index contributed by atoms with van der Waals surface area (Å²) in [5, 5.41) is 9.11. The fourth-order valence-corrected chi connectivity index (χ4v) is 2.27. The standard InChI is InChI=1S/C16H17N3O/c1-19(2)13-6-3-11(4-7-13)12-5-8-14-15(9-12)18-16(10-20)17-14/h3-9,20H,10H2,1-2H3,(H,17,18). The summed E-state index contributed by atoms with van der Waals surface area (Å²) in [6.07, 6.45) is 0. The van der Waals surface area contributed by atoms with Gasteiger partial charge in [-0.1, -0.05) is 18.2 Å². The first kappa shape index (κ1) is 12.7. The number of rotatable bonds is 3. The molecule has 0 aliphatic rings. The topological polar surface area (TPSA) is 52.1 Å². The van der Waals surface area contributed by atoms with Crippen molar-refractivity contribution in [3.05, 3.63) is 48.3 Å². The van der Waals surface area contributed by atoms with E-state index in [1.54, 1.807) is 0 Å². The summed E-state index contributed by atoms with van der Waals surface area (Å²) in [5.41, 5.74) is 5.30. The quantitative estimate of drug-likeness (QED) is 0.767. The van der Waals surface area contributed by atoms with Gasteiger partial charge in [0.05, 0.1) is 11.0 Å². The van der Waals surface area contributed by atoms with Crippen molar-refractivity contribution >= 4 is 16.7 Å². The van der Waals surface area contributed by atoms with Crippen molar-refractivity contribution in [1.29, 1.82) is 0 Å². The number of nitrogens with one attached hydrogen (secondary N) is 1. The molecule has 2 aromatic carbocycles. The zero-order chi connectivity index (χ0) is 14.1. The molecule has 102 valence electrons. The molecule has 20 heavy (non-hydrogen) atoms. The normalized spacial score (nSPS) is 10.9. The largest absolute Gasteiger partial charge is 0.388 e. The third kappa shape index (κ3) is 2.26. The number of anilines is 1. The molecule has 0 aliphatic heterocycles. The van der Waals surface area contributed by atoms with E-state index in [-0.39, 0.29) is 6.61 Å². The van der Waals surface area contributed by atoms with E-state index >= 15 is 0 Å². The molecule has 0 atom stereocenters. The molecule has 0 radical (unpaired) electrons. The summed E-state index contributed by atoms with van der Waals surface area (Å²) in [5.74, 6) is 0.597. The fourth-order valence-electron chi connectivity index (χ4n) is 2.27. The second-order valence-electron chi connectivity index (χ2n) is 5.01. The molecule has 0 saturated carbocycles. The summed E-state index contributed by atoms with van der Waals surface area (Å²) < 4.78 is 0. The number of aliphatic hydroxyl groups is 1. The first-order valence-corrected chi connectivity index (χ1v) is 6.54. The number of hydrogen-bond acceptors (Lipinski definition) is 3. The van der Waals surface area contributed by atoms with E-state index in [0.717, 1.165) is 22.2 Å². The van der Waals surface area contributed by atoms with Gasteiger partial charge in [-0.15, -0.1) is 0 Å².